The van der Waals surface area contributed by atoms with Gasteiger partial charge in [-0.25, -0.2) is 4.39 Å². The standard InChI is InChI=1S/C10H9FN4O2/c11-5-1-2-8(16)6(3-5)10(17)14-9-7(12)4-13-15-9/h1-4,16H,12H2,(H2,13,14,15,17). The molecule has 2 aromatic rings. The van der Waals surface area contributed by atoms with Crippen molar-refractivity contribution in [3.8, 4) is 5.75 Å². The highest BCUT2D eigenvalue weighted by atomic mass is 19.1. The van der Waals surface area contributed by atoms with E-state index < -0.39 is 11.7 Å². The fourth-order valence-electron chi connectivity index (χ4n) is 1.27. The average molecular weight is 236 g/mol. The van der Waals surface area contributed by atoms with Gasteiger partial charge in [-0.3, -0.25) is 9.89 Å². The molecule has 1 aromatic carbocycles. The van der Waals surface area contributed by atoms with Gasteiger partial charge in [0, 0.05) is 0 Å². The lowest BCUT2D eigenvalue weighted by Gasteiger charge is -2.05. The largest absolute Gasteiger partial charge is 0.507 e. The van der Waals surface area contributed by atoms with Crippen LogP contribution in [-0.4, -0.2) is 21.2 Å². The molecule has 1 amide bonds. The van der Waals surface area contributed by atoms with Gasteiger partial charge in [-0.2, -0.15) is 5.10 Å². The Kier molecular flexibility index (Phi) is 2.65. The molecule has 0 unspecified atom stereocenters. The molecule has 6 nitrogen and oxygen atoms in total. The van der Waals surface area contributed by atoms with Crippen molar-refractivity contribution >= 4 is 17.4 Å². The number of aromatic hydroxyl groups is 1. The van der Waals surface area contributed by atoms with Crippen molar-refractivity contribution in [2.45, 2.75) is 0 Å². The van der Waals surface area contributed by atoms with E-state index in [1.807, 2.05) is 0 Å². The number of H-pyrrole nitrogens is 1. The zero-order chi connectivity index (χ0) is 12.4. The molecule has 2 rings (SSSR count). The number of carbonyl (C=O) groups is 1. The number of halogens is 1. The third-order valence-electron chi connectivity index (χ3n) is 2.11. The van der Waals surface area contributed by atoms with Gasteiger partial charge >= 0.3 is 0 Å². The second-order valence-corrected chi connectivity index (χ2v) is 3.32. The molecule has 0 radical (unpaired) electrons. The lowest BCUT2D eigenvalue weighted by molar-refractivity contribution is 0.102. The topological polar surface area (TPSA) is 104 Å². The minimum atomic E-state index is -0.682. The van der Waals surface area contributed by atoms with Crippen LogP contribution < -0.4 is 11.1 Å². The summed E-state index contributed by atoms with van der Waals surface area (Å²) in [6.07, 6.45) is 1.32. The van der Waals surface area contributed by atoms with Crippen molar-refractivity contribution in [3.05, 3.63) is 35.8 Å². The third-order valence-corrected chi connectivity index (χ3v) is 2.11. The van der Waals surface area contributed by atoms with Crippen LogP contribution >= 0.6 is 0 Å². The fraction of sp³-hybridized carbons (Fsp3) is 0. The second-order valence-electron chi connectivity index (χ2n) is 3.32. The normalized spacial score (nSPS) is 10.2. The molecule has 1 heterocycles. The second kappa shape index (κ2) is 4.12. The maximum atomic E-state index is 12.9. The molecular formula is C10H9FN4O2. The SMILES string of the molecule is Nc1cn[nH]c1NC(=O)c1cc(F)ccc1O. The van der Waals surface area contributed by atoms with Crippen LogP contribution in [0.2, 0.25) is 0 Å². The number of amides is 1. The maximum absolute atomic E-state index is 12.9. The van der Waals surface area contributed by atoms with E-state index in [0.717, 1.165) is 18.2 Å². The van der Waals surface area contributed by atoms with Crippen LogP contribution in [0.15, 0.2) is 24.4 Å². The lowest BCUT2D eigenvalue weighted by Crippen LogP contribution is -2.13. The molecule has 0 atom stereocenters. The molecule has 0 bridgehead atoms. The number of nitrogens with zero attached hydrogens (tertiary/aromatic N) is 1. The van der Waals surface area contributed by atoms with Gasteiger partial charge in [-0.15, -0.1) is 0 Å². The van der Waals surface area contributed by atoms with Crippen LogP contribution in [-0.2, 0) is 0 Å². The van der Waals surface area contributed by atoms with E-state index in [-0.39, 0.29) is 22.8 Å². The summed E-state index contributed by atoms with van der Waals surface area (Å²) in [6.45, 7) is 0. The Balaban J connectivity index is 2.26. The Hall–Kier alpha value is -2.57. The van der Waals surface area contributed by atoms with Gasteiger partial charge in [0.1, 0.15) is 11.6 Å². The minimum absolute atomic E-state index is 0.181. The summed E-state index contributed by atoms with van der Waals surface area (Å²) in [5.41, 5.74) is 5.55. The van der Waals surface area contributed by atoms with E-state index in [1.54, 1.807) is 0 Å². The van der Waals surface area contributed by atoms with Crippen molar-refractivity contribution < 1.29 is 14.3 Å². The number of aromatic amines is 1. The molecule has 17 heavy (non-hydrogen) atoms. The monoisotopic (exact) mass is 236 g/mol. The van der Waals surface area contributed by atoms with E-state index in [4.69, 9.17) is 5.73 Å². The summed E-state index contributed by atoms with van der Waals surface area (Å²) >= 11 is 0. The molecule has 0 saturated carbocycles. The highest BCUT2D eigenvalue weighted by Gasteiger charge is 2.14. The van der Waals surface area contributed by atoms with Crippen LogP contribution in [0.5, 0.6) is 5.75 Å². The van der Waals surface area contributed by atoms with Crippen molar-refractivity contribution in [1.82, 2.24) is 10.2 Å². The van der Waals surface area contributed by atoms with E-state index in [1.165, 1.54) is 6.20 Å². The fourth-order valence-corrected chi connectivity index (χ4v) is 1.27. The first kappa shape index (κ1) is 10.9. The highest BCUT2D eigenvalue weighted by molar-refractivity contribution is 6.06. The van der Waals surface area contributed by atoms with Gasteiger partial charge in [0.2, 0.25) is 0 Å². The van der Waals surface area contributed by atoms with Crippen molar-refractivity contribution in [2.75, 3.05) is 11.1 Å². The Morgan fingerprint density at radius 1 is 1.53 bits per heavy atom. The number of hydrogen-bond acceptors (Lipinski definition) is 4. The van der Waals surface area contributed by atoms with Crippen LogP contribution in [0.4, 0.5) is 15.9 Å². The molecule has 0 aliphatic heterocycles. The minimum Gasteiger partial charge on any atom is -0.507 e. The first-order valence-corrected chi connectivity index (χ1v) is 4.66. The molecule has 7 heteroatoms. The number of benzene rings is 1. The number of anilines is 2. The van der Waals surface area contributed by atoms with Gasteiger partial charge < -0.3 is 16.2 Å². The number of phenols is 1. The van der Waals surface area contributed by atoms with E-state index in [2.05, 4.69) is 15.5 Å². The summed E-state index contributed by atoms with van der Waals surface area (Å²) in [5, 5.41) is 17.8. The number of nitrogens with two attached hydrogens (primary N) is 1. The summed E-state index contributed by atoms with van der Waals surface area (Å²) in [7, 11) is 0. The van der Waals surface area contributed by atoms with Crippen molar-refractivity contribution in [1.29, 1.82) is 0 Å². The first-order valence-electron chi connectivity index (χ1n) is 4.66. The van der Waals surface area contributed by atoms with Crippen LogP contribution in [0.1, 0.15) is 10.4 Å². The molecule has 5 N–H and O–H groups in total. The summed E-state index contributed by atoms with van der Waals surface area (Å²) in [5.74, 6) is -1.43. The third kappa shape index (κ3) is 2.17. The molecule has 0 saturated heterocycles. The average Bonchev–Trinajstić information content (AvgIpc) is 2.68. The Morgan fingerprint density at radius 2 is 2.29 bits per heavy atom. The maximum Gasteiger partial charge on any atom is 0.260 e. The molecule has 88 valence electrons. The molecule has 0 aliphatic carbocycles. The Bertz CT molecular complexity index is 567. The van der Waals surface area contributed by atoms with Gasteiger partial charge in [0.15, 0.2) is 5.82 Å². The smallest absolute Gasteiger partial charge is 0.260 e. The van der Waals surface area contributed by atoms with Crippen molar-refractivity contribution in [3.63, 3.8) is 0 Å². The lowest BCUT2D eigenvalue weighted by atomic mass is 10.2. The zero-order valence-corrected chi connectivity index (χ0v) is 8.57. The number of rotatable bonds is 2. The van der Waals surface area contributed by atoms with E-state index in [9.17, 15) is 14.3 Å². The van der Waals surface area contributed by atoms with Gasteiger partial charge in [-0.05, 0) is 18.2 Å². The first-order chi connectivity index (χ1) is 8.08. The van der Waals surface area contributed by atoms with Crippen LogP contribution in [0, 0.1) is 5.82 Å². The van der Waals surface area contributed by atoms with Gasteiger partial charge in [0.05, 0.1) is 17.4 Å². The predicted molar refractivity (Wildman–Crippen MR) is 59.0 cm³/mol. The molecule has 0 spiro atoms. The van der Waals surface area contributed by atoms with Gasteiger partial charge in [-0.1, -0.05) is 0 Å². The van der Waals surface area contributed by atoms with E-state index in [0.29, 0.717) is 0 Å². The number of nitrogen functional groups attached to an aromatic ring is 1. The Morgan fingerprint density at radius 3 is 2.94 bits per heavy atom. The highest BCUT2D eigenvalue weighted by Crippen LogP contribution is 2.20. The number of nitrogens with one attached hydrogen (secondary N) is 2. The quantitative estimate of drug-likeness (QED) is 0.626. The Labute approximate surface area is 95.3 Å². The molecule has 0 fully saturated rings. The summed E-state index contributed by atoms with van der Waals surface area (Å²) in [4.78, 5) is 11.7. The van der Waals surface area contributed by atoms with Gasteiger partial charge in [0.25, 0.3) is 5.91 Å². The number of aromatic nitrogens is 2. The summed E-state index contributed by atoms with van der Waals surface area (Å²) in [6, 6.07) is 3.08. The predicted octanol–water partition coefficient (Wildman–Crippen LogP) is 1.09. The molecule has 1 aromatic heterocycles. The number of hydrogen-bond donors (Lipinski definition) is 4. The number of carbonyl (C=O) groups excluding carboxylic acids is 1. The van der Waals surface area contributed by atoms with Crippen LogP contribution in [0.3, 0.4) is 0 Å². The van der Waals surface area contributed by atoms with E-state index >= 15 is 0 Å². The zero-order valence-electron chi connectivity index (χ0n) is 8.57. The van der Waals surface area contributed by atoms with Crippen LogP contribution in [0.25, 0.3) is 0 Å². The molecule has 0 aliphatic rings. The number of phenolic OH excluding ortho intramolecular Hbond substituents is 1. The summed E-state index contributed by atoms with van der Waals surface area (Å²) < 4.78 is 12.9. The molecular weight excluding hydrogens is 227 g/mol. The van der Waals surface area contributed by atoms with Crippen molar-refractivity contribution in [2.24, 2.45) is 0 Å².